The van der Waals surface area contributed by atoms with E-state index in [0.29, 0.717) is 19.6 Å². The molecule has 1 aliphatic heterocycles. The summed E-state index contributed by atoms with van der Waals surface area (Å²) >= 11 is 0. The van der Waals surface area contributed by atoms with Crippen molar-refractivity contribution < 1.29 is 14.3 Å². The van der Waals surface area contributed by atoms with Crippen LogP contribution in [0.25, 0.3) is 0 Å². The highest BCUT2D eigenvalue weighted by molar-refractivity contribution is 5.81. The third-order valence-electron chi connectivity index (χ3n) is 2.25. The van der Waals surface area contributed by atoms with E-state index in [1.807, 2.05) is 0 Å². The molecule has 1 saturated heterocycles. The lowest BCUT2D eigenvalue weighted by Crippen LogP contribution is -2.46. The molecule has 1 aliphatic rings. The summed E-state index contributed by atoms with van der Waals surface area (Å²) in [6.45, 7) is 1.83. The maximum absolute atomic E-state index is 11.5. The lowest BCUT2D eigenvalue weighted by molar-refractivity contribution is -0.123. The van der Waals surface area contributed by atoms with Gasteiger partial charge in [0.05, 0.1) is 18.7 Å². The van der Waals surface area contributed by atoms with Gasteiger partial charge in [0.1, 0.15) is 0 Å². The lowest BCUT2D eigenvalue weighted by atomic mass is 10.2. The van der Waals surface area contributed by atoms with Gasteiger partial charge in [-0.05, 0) is 12.8 Å². The van der Waals surface area contributed by atoms with Gasteiger partial charge in [-0.25, -0.2) is 0 Å². The van der Waals surface area contributed by atoms with Crippen molar-refractivity contribution in [3.05, 3.63) is 0 Å². The molecule has 0 aromatic rings. The van der Waals surface area contributed by atoms with Crippen LogP contribution in [0.2, 0.25) is 0 Å². The van der Waals surface area contributed by atoms with Gasteiger partial charge in [-0.2, -0.15) is 0 Å². The van der Waals surface area contributed by atoms with E-state index >= 15 is 0 Å². The van der Waals surface area contributed by atoms with Crippen molar-refractivity contribution >= 4 is 5.91 Å². The number of carbonyl (C=O) groups excluding carboxylic acids is 1. The Labute approximate surface area is 83.9 Å². The standard InChI is InChI=1S/C9H18N2O3/c1-13-4-3-8(10)9(12)11-7-2-5-14-6-7/h7-8H,2-6,10H2,1H3,(H,11,12). The maximum atomic E-state index is 11.5. The van der Waals surface area contributed by atoms with Crippen molar-refractivity contribution in [3.63, 3.8) is 0 Å². The summed E-state index contributed by atoms with van der Waals surface area (Å²) in [6, 6.07) is -0.341. The minimum absolute atomic E-state index is 0.113. The van der Waals surface area contributed by atoms with Crippen LogP contribution in [0, 0.1) is 0 Å². The lowest BCUT2D eigenvalue weighted by Gasteiger charge is -2.15. The Morgan fingerprint density at radius 1 is 1.79 bits per heavy atom. The number of ether oxygens (including phenoxy) is 2. The molecule has 0 aliphatic carbocycles. The van der Waals surface area contributed by atoms with E-state index in [4.69, 9.17) is 15.2 Å². The average molecular weight is 202 g/mol. The van der Waals surface area contributed by atoms with Crippen molar-refractivity contribution in [2.75, 3.05) is 26.9 Å². The molecule has 1 rings (SSSR count). The number of hydrogen-bond donors (Lipinski definition) is 2. The van der Waals surface area contributed by atoms with Gasteiger partial charge in [-0.3, -0.25) is 4.79 Å². The third-order valence-corrected chi connectivity index (χ3v) is 2.25. The normalized spacial score (nSPS) is 23.4. The molecule has 0 aromatic heterocycles. The van der Waals surface area contributed by atoms with Crippen molar-refractivity contribution in [1.29, 1.82) is 0 Å². The van der Waals surface area contributed by atoms with Crippen LogP contribution in [0.5, 0.6) is 0 Å². The van der Waals surface area contributed by atoms with Gasteiger partial charge >= 0.3 is 0 Å². The van der Waals surface area contributed by atoms with E-state index in [9.17, 15) is 4.79 Å². The number of methoxy groups -OCH3 is 1. The fourth-order valence-corrected chi connectivity index (χ4v) is 1.33. The third kappa shape index (κ3) is 3.61. The molecule has 5 nitrogen and oxygen atoms in total. The summed E-state index contributed by atoms with van der Waals surface area (Å²) in [4.78, 5) is 11.5. The van der Waals surface area contributed by atoms with Gasteiger partial charge in [0.15, 0.2) is 0 Å². The van der Waals surface area contributed by atoms with Crippen molar-refractivity contribution in [2.24, 2.45) is 5.73 Å². The zero-order valence-electron chi connectivity index (χ0n) is 8.49. The molecule has 1 heterocycles. The van der Waals surface area contributed by atoms with Crippen LogP contribution in [0.4, 0.5) is 0 Å². The van der Waals surface area contributed by atoms with Crippen molar-refractivity contribution in [2.45, 2.75) is 24.9 Å². The van der Waals surface area contributed by atoms with Gasteiger partial charge < -0.3 is 20.5 Å². The number of nitrogens with one attached hydrogen (secondary N) is 1. The van der Waals surface area contributed by atoms with E-state index in [-0.39, 0.29) is 11.9 Å². The molecule has 2 atom stereocenters. The number of amides is 1. The van der Waals surface area contributed by atoms with E-state index in [2.05, 4.69) is 5.32 Å². The zero-order chi connectivity index (χ0) is 10.4. The Hall–Kier alpha value is -0.650. The highest BCUT2D eigenvalue weighted by atomic mass is 16.5. The fraction of sp³-hybridized carbons (Fsp3) is 0.889. The van der Waals surface area contributed by atoms with Gasteiger partial charge in [0.25, 0.3) is 0 Å². The van der Waals surface area contributed by atoms with Crippen LogP contribution in [-0.4, -0.2) is 44.9 Å². The highest BCUT2D eigenvalue weighted by Crippen LogP contribution is 2.03. The van der Waals surface area contributed by atoms with Crippen LogP contribution in [-0.2, 0) is 14.3 Å². The Bertz CT molecular complexity index is 181. The number of rotatable bonds is 5. The van der Waals surface area contributed by atoms with E-state index < -0.39 is 6.04 Å². The molecule has 0 aromatic carbocycles. The van der Waals surface area contributed by atoms with E-state index in [1.54, 1.807) is 7.11 Å². The minimum atomic E-state index is -0.476. The van der Waals surface area contributed by atoms with Gasteiger partial charge in [-0.15, -0.1) is 0 Å². The fourth-order valence-electron chi connectivity index (χ4n) is 1.33. The van der Waals surface area contributed by atoms with E-state index in [0.717, 1.165) is 13.0 Å². The largest absolute Gasteiger partial charge is 0.385 e. The molecule has 2 unspecified atom stereocenters. The number of nitrogens with two attached hydrogens (primary N) is 1. The first-order chi connectivity index (χ1) is 6.74. The summed E-state index contributed by atoms with van der Waals surface area (Å²) in [6.07, 6.45) is 1.43. The van der Waals surface area contributed by atoms with Crippen molar-refractivity contribution in [1.82, 2.24) is 5.32 Å². The summed E-state index contributed by atoms with van der Waals surface area (Å²) in [5, 5.41) is 2.84. The molecular formula is C9H18N2O3. The van der Waals surface area contributed by atoms with Crippen LogP contribution in [0.15, 0.2) is 0 Å². The number of carbonyl (C=O) groups is 1. The Morgan fingerprint density at radius 3 is 3.14 bits per heavy atom. The monoisotopic (exact) mass is 202 g/mol. The SMILES string of the molecule is COCCC(N)C(=O)NC1CCOC1. The molecule has 82 valence electrons. The molecule has 14 heavy (non-hydrogen) atoms. The molecule has 0 radical (unpaired) electrons. The molecule has 0 spiro atoms. The quantitative estimate of drug-likeness (QED) is 0.615. The predicted molar refractivity (Wildman–Crippen MR) is 51.8 cm³/mol. The molecule has 3 N–H and O–H groups in total. The first-order valence-corrected chi connectivity index (χ1v) is 4.86. The molecule has 0 bridgehead atoms. The Kier molecular flexibility index (Phi) is 4.86. The predicted octanol–water partition coefficient (Wildman–Crippen LogP) is -0.745. The van der Waals surface area contributed by atoms with Gasteiger partial charge in [0.2, 0.25) is 5.91 Å². The molecular weight excluding hydrogens is 184 g/mol. The first-order valence-electron chi connectivity index (χ1n) is 4.86. The topological polar surface area (TPSA) is 73.6 Å². The van der Waals surface area contributed by atoms with Crippen LogP contribution in [0.1, 0.15) is 12.8 Å². The average Bonchev–Trinajstić information content (AvgIpc) is 2.66. The molecule has 0 saturated carbocycles. The Morgan fingerprint density at radius 2 is 2.57 bits per heavy atom. The zero-order valence-corrected chi connectivity index (χ0v) is 8.49. The number of hydrogen-bond acceptors (Lipinski definition) is 4. The second-order valence-electron chi connectivity index (χ2n) is 3.46. The van der Waals surface area contributed by atoms with Crippen LogP contribution in [0.3, 0.4) is 0 Å². The smallest absolute Gasteiger partial charge is 0.237 e. The molecule has 1 fully saturated rings. The van der Waals surface area contributed by atoms with Gasteiger partial charge in [0, 0.05) is 20.3 Å². The summed E-state index contributed by atoms with van der Waals surface area (Å²) in [5.41, 5.74) is 5.65. The Balaban J connectivity index is 2.18. The second kappa shape index (κ2) is 5.95. The minimum Gasteiger partial charge on any atom is -0.385 e. The summed E-state index contributed by atoms with van der Waals surface area (Å²) in [7, 11) is 1.59. The second-order valence-corrected chi connectivity index (χ2v) is 3.46. The van der Waals surface area contributed by atoms with E-state index in [1.165, 1.54) is 0 Å². The van der Waals surface area contributed by atoms with Crippen LogP contribution < -0.4 is 11.1 Å². The molecule has 5 heteroatoms. The summed E-state index contributed by atoms with van der Waals surface area (Å²) in [5.74, 6) is -0.113. The van der Waals surface area contributed by atoms with Crippen molar-refractivity contribution in [3.8, 4) is 0 Å². The maximum Gasteiger partial charge on any atom is 0.237 e. The van der Waals surface area contributed by atoms with Gasteiger partial charge in [-0.1, -0.05) is 0 Å². The first kappa shape index (κ1) is 11.4. The molecule has 1 amide bonds. The van der Waals surface area contributed by atoms with Crippen LogP contribution >= 0.6 is 0 Å². The highest BCUT2D eigenvalue weighted by Gasteiger charge is 2.20. The summed E-state index contributed by atoms with van der Waals surface area (Å²) < 4.78 is 9.99.